The normalized spacial score (nSPS) is 11.4. The van der Waals surface area contributed by atoms with E-state index in [1.165, 1.54) is 16.4 Å². The van der Waals surface area contributed by atoms with Gasteiger partial charge in [-0.05, 0) is 24.6 Å². The van der Waals surface area contributed by atoms with Crippen molar-refractivity contribution in [2.45, 2.75) is 24.7 Å². The van der Waals surface area contributed by atoms with Gasteiger partial charge >= 0.3 is 0 Å². The second kappa shape index (κ2) is 7.95. The zero-order valence-electron chi connectivity index (χ0n) is 12.5. The molecule has 0 aliphatic rings. The molecule has 0 saturated heterocycles. The monoisotopic (exact) mass is 310 g/mol. The van der Waals surface area contributed by atoms with E-state index in [1.54, 1.807) is 25.3 Å². The predicted molar refractivity (Wildman–Crippen MR) is 83.7 cm³/mol. The van der Waals surface area contributed by atoms with E-state index >= 15 is 0 Å². The summed E-state index contributed by atoms with van der Waals surface area (Å²) in [5.74, 6) is -0.317. The summed E-state index contributed by atoms with van der Waals surface area (Å²) in [6.45, 7) is 6.33. The van der Waals surface area contributed by atoms with E-state index in [4.69, 9.17) is 0 Å². The van der Waals surface area contributed by atoms with E-state index in [0.717, 1.165) is 12.8 Å². The summed E-state index contributed by atoms with van der Waals surface area (Å²) >= 11 is 0. The molecule has 0 unspecified atom stereocenters. The van der Waals surface area contributed by atoms with Crippen LogP contribution in [0.15, 0.2) is 41.8 Å². The number of hydrogen-bond donors (Lipinski definition) is 1. The molecule has 1 amide bonds. The Morgan fingerprint density at radius 2 is 2.14 bits per heavy atom. The summed E-state index contributed by atoms with van der Waals surface area (Å²) in [6.07, 6.45) is 3.29. The number of hydrogen-bond acceptors (Lipinski definition) is 3. The van der Waals surface area contributed by atoms with Crippen molar-refractivity contribution in [3.05, 3.63) is 42.5 Å². The Bertz CT molecular complexity index is 597. The number of unbranched alkanes of at least 4 members (excludes halogenated alkanes) is 1. The summed E-state index contributed by atoms with van der Waals surface area (Å²) in [4.78, 5) is 12.0. The van der Waals surface area contributed by atoms with Gasteiger partial charge in [0, 0.05) is 25.7 Å². The van der Waals surface area contributed by atoms with Gasteiger partial charge < -0.3 is 5.32 Å². The van der Waals surface area contributed by atoms with Crippen LogP contribution in [0.25, 0.3) is 0 Å². The number of carbonyl (C=O) groups is 1. The summed E-state index contributed by atoms with van der Waals surface area (Å²) in [5.41, 5.74) is 0.321. The van der Waals surface area contributed by atoms with E-state index in [-0.39, 0.29) is 10.8 Å². The van der Waals surface area contributed by atoms with Gasteiger partial charge in [-0.25, -0.2) is 12.7 Å². The molecule has 0 saturated carbocycles. The fourth-order valence-electron chi connectivity index (χ4n) is 1.75. The Kier molecular flexibility index (Phi) is 6.58. The summed E-state index contributed by atoms with van der Waals surface area (Å²) in [6, 6.07) is 6.06. The Morgan fingerprint density at radius 1 is 1.43 bits per heavy atom. The molecule has 0 aliphatic carbocycles. The minimum Gasteiger partial charge on any atom is -0.349 e. The quantitative estimate of drug-likeness (QED) is 0.747. The fraction of sp³-hybridized carbons (Fsp3) is 0.400. The van der Waals surface area contributed by atoms with Gasteiger partial charge in [-0.3, -0.25) is 4.79 Å². The summed E-state index contributed by atoms with van der Waals surface area (Å²) in [7, 11) is -2.00. The first-order valence-electron chi connectivity index (χ1n) is 6.89. The number of nitrogens with zero attached hydrogens (tertiary/aromatic N) is 1. The highest BCUT2D eigenvalue weighted by Crippen LogP contribution is 2.16. The second-order valence-electron chi connectivity index (χ2n) is 4.71. The van der Waals surface area contributed by atoms with Gasteiger partial charge in [0.1, 0.15) is 0 Å². The third-order valence-electron chi connectivity index (χ3n) is 3.04. The van der Waals surface area contributed by atoms with Crippen molar-refractivity contribution in [2.75, 3.05) is 20.1 Å². The Labute approximate surface area is 126 Å². The SMILES string of the molecule is C=CCNC(=O)c1cccc(S(=O)(=O)N(C)CCCC)c1. The van der Waals surface area contributed by atoms with Gasteiger partial charge in [0.05, 0.1) is 4.90 Å². The third kappa shape index (κ3) is 4.68. The average Bonchev–Trinajstić information content (AvgIpc) is 2.50. The van der Waals surface area contributed by atoms with E-state index in [0.29, 0.717) is 18.7 Å². The molecule has 0 aliphatic heterocycles. The first-order valence-corrected chi connectivity index (χ1v) is 8.33. The van der Waals surface area contributed by atoms with E-state index in [1.807, 2.05) is 6.92 Å². The number of amides is 1. The molecule has 21 heavy (non-hydrogen) atoms. The van der Waals surface area contributed by atoms with Crippen molar-refractivity contribution in [3.63, 3.8) is 0 Å². The van der Waals surface area contributed by atoms with Gasteiger partial charge in [0.25, 0.3) is 5.91 Å². The van der Waals surface area contributed by atoms with Gasteiger partial charge in [-0.2, -0.15) is 0 Å². The molecule has 0 spiro atoms. The smallest absolute Gasteiger partial charge is 0.251 e. The molecule has 1 N–H and O–H groups in total. The maximum absolute atomic E-state index is 12.4. The summed E-state index contributed by atoms with van der Waals surface area (Å²) in [5, 5.41) is 2.63. The molecule has 0 bridgehead atoms. The van der Waals surface area contributed by atoms with Crippen LogP contribution in [0, 0.1) is 0 Å². The van der Waals surface area contributed by atoms with Crippen molar-refractivity contribution in [1.82, 2.24) is 9.62 Å². The molecule has 0 atom stereocenters. The van der Waals surface area contributed by atoms with Crippen molar-refractivity contribution < 1.29 is 13.2 Å². The Hall–Kier alpha value is -1.66. The molecule has 0 fully saturated rings. The second-order valence-corrected chi connectivity index (χ2v) is 6.75. The van der Waals surface area contributed by atoms with E-state index in [9.17, 15) is 13.2 Å². The average molecular weight is 310 g/mol. The van der Waals surface area contributed by atoms with Gasteiger partial charge in [-0.15, -0.1) is 6.58 Å². The highest BCUT2D eigenvalue weighted by Gasteiger charge is 2.21. The van der Waals surface area contributed by atoms with Crippen LogP contribution in [0.1, 0.15) is 30.1 Å². The minimum atomic E-state index is -3.55. The molecule has 1 aromatic rings. The maximum Gasteiger partial charge on any atom is 0.251 e. The Balaban J connectivity index is 2.98. The predicted octanol–water partition coefficient (Wildman–Crippen LogP) is 2.02. The standard InChI is InChI=1S/C15H22N2O3S/c1-4-6-11-17(3)21(19,20)14-9-7-8-13(12-14)15(18)16-10-5-2/h5,7-9,12H,2,4,6,10-11H2,1,3H3,(H,16,18). The molecule has 5 nitrogen and oxygen atoms in total. The molecule has 116 valence electrons. The molecule has 6 heteroatoms. The highest BCUT2D eigenvalue weighted by atomic mass is 32.2. The first kappa shape index (κ1) is 17.4. The first-order chi connectivity index (χ1) is 9.93. The van der Waals surface area contributed by atoms with E-state index in [2.05, 4.69) is 11.9 Å². The van der Waals surface area contributed by atoms with Crippen molar-refractivity contribution in [3.8, 4) is 0 Å². The topological polar surface area (TPSA) is 66.5 Å². The van der Waals surface area contributed by atoms with Crippen LogP contribution in [0.3, 0.4) is 0 Å². The number of rotatable bonds is 8. The van der Waals surface area contributed by atoms with Gasteiger partial charge in [0.15, 0.2) is 0 Å². The lowest BCUT2D eigenvalue weighted by molar-refractivity contribution is 0.0958. The van der Waals surface area contributed by atoms with Gasteiger partial charge in [-0.1, -0.05) is 25.5 Å². The zero-order valence-corrected chi connectivity index (χ0v) is 13.3. The van der Waals surface area contributed by atoms with Crippen LogP contribution < -0.4 is 5.32 Å². The van der Waals surface area contributed by atoms with Crippen LogP contribution >= 0.6 is 0 Å². The van der Waals surface area contributed by atoms with Crippen LogP contribution in [-0.4, -0.2) is 38.8 Å². The molecule has 0 aromatic heterocycles. The van der Waals surface area contributed by atoms with Crippen LogP contribution in [0.4, 0.5) is 0 Å². The zero-order chi connectivity index (χ0) is 15.9. The van der Waals surface area contributed by atoms with Gasteiger partial charge in [0.2, 0.25) is 10.0 Å². The molecule has 0 radical (unpaired) electrons. The molecular weight excluding hydrogens is 288 g/mol. The lowest BCUT2D eigenvalue weighted by Crippen LogP contribution is -2.28. The Morgan fingerprint density at radius 3 is 2.76 bits per heavy atom. The number of nitrogens with one attached hydrogen (secondary N) is 1. The van der Waals surface area contributed by atoms with Crippen LogP contribution in [0.2, 0.25) is 0 Å². The maximum atomic E-state index is 12.4. The lowest BCUT2D eigenvalue weighted by atomic mass is 10.2. The summed E-state index contributed by atoms with van der Waals surface area (Å²) < 4.78 is 26.1. The third-order valence-corrected chi connectivity index (χ3v) is 4.89. The van der Waals surface area contributed by atoms with E-state index < -0.39 is 10.0 Å². The fourth-order valence-corrected chi connectivity index (χ4v) is 3.00. The van der Waals surface area contributed by atoms with Crippen molar-refractivity contribution in [1.29, 1.82) is 0 Å². The molecule has 0 heterocycles. The van der Waals surface area contributed by atoms with Crippen LogP contribution in [-0.2, 0) is 10.0 Å². The molecular formula is C15H22N2O3S. The highest BCUT2D eigenvalue weighted by molar-refractivity contribution is 7.89. The number of carbonyl (C=O) groups excluding carboxylic acids is 1. The van der Waals surface area contributed by atoms with Crippen molar-refractivity contribution >= 4 is 15.9 Å². The number of benzene rings is 1. The molecule has 1 aromatic carbocycles. The van der Waals surface area contributed by atoms with Crippen molar-refractivity contribution in [2.24, 2.45) is 0 Å². The largest absolute Gasteiger partial charge is 0.349 e. The molecule has 1 rings (SSSR count). The lowest BCUT2D eigenvalue weighted by Gasteiger charge is -2.17. The minimum absolute atomic E-state index is 0.132. The van der Waals surface area contributed by atoms with Crippen LogP contribution in [0.5, 0.6) is 0 Å². The number of sulfonamides is 1.